The molecule has 10 heteroatoms. The molecule has 0 aromatic heterocycles. The number of halogens is 3. The lowest BCUT2D eigenvalue weighted by atomic mass is 10.2. The molecule has 1 aliphatic heterocycles. The summed E-state index contributed by atoms with van der Waals surface area (Å²) in [6.45, 7) is 2.67. The quantitative estimate of drug-likeness (QED) is 0.135. The van der Waals surface area contributed by atoms with Crippen LogP contribution in [-0.4, -0.2) is 23.4 Å². The molecule has 0 spiro atoms. The third-order valence-electron chi connectivity index (χ3n) is 3.79. The summed E-state index contributed by atoms with van der Waals surface area (Å²) >= 11 is 10.5. The van der Waals surface area contributed by atoms with Gasteiger partial charge in [-0.05, 0) is 81.4 Å². The summed E-state index contributed by atoms with van der Waals surface area (Å²) < 4.78 is 12.8. The van der Waals surface area contributed by atoms with Gasteiger partial charge in [-0.1, -0.05) is 18.5 Å². The van der Waals surface area contributed by atoms with Gasteiger partial charge in [-0.3, -0.25) is 10.1 Å². The van der Waals surface area contributed by atoms with Crippen LogP contribution >= 0.6 is 56.8 Å². The number of carbonyl (C=O) groups excluding carboxylic acids is 1. The van der Waals surface area contributed by atoms with E-state index in [1.54, 1.807) is 6.08 Å². The van der Waals surface area contributed by atoms with E-state index in [-0.39, 0.29) is 22.3 Å². The van der Waals surface area contributed by atoms with Gasteiger partial charge in [0.2, 0.25) is 5.90 Å². The fourth-order valence-electron chi connectivity index (χ4n) is 2.48. The lowest BCUT2D eigenvalue weighted by Gasteiger charge is -2.10. The van der Waals surface area contributed by atoms with Gasteiger partial charge in [0, 0.05) is 12.1 Å². The smallest absolute Gasteiger partial charge is 0.363 e. The van der Waals surface area contributed by atoms with Crippen LogP contribution in [0, 0.1) is 17.3 Å². The number of ether oxygens (including phenoxy) is 2. The number of nitro groups is 1. The van der Waals surface area contributed by atoms with Crippen LogP contribution in [0.1, 0.15) is 24.5 Å². The van der Waals surface area contributed by atoms with Gasteiger partial charge in [0.15, 0.2) is 5.70 Å². The monoisotopic (exact) mass is 638 g/mol. The highest BCUT2D eigenvalue weighted by Crippen LogP contribution is 2.31. The van der Waals surface area contributed by atoms with E-state index in [2.05, 4.69) is 50.2 Å². The predicted molar refractivity (Wildman–Crippen MR) is 126 cm³/mol. The second-order valence-electron chi connectivity index (χ2n) is 5.92. The molecule has 0 aliphatic carbocycles. The summed E-state index contributed by atoms with van der Waals surface area (Å²) in [7, 11) is 0. The standard InChI is InChI=1S/C19H13ClI2N2O5/c1-2-5-28-17-14(21)6-10(7-15(17)22)8-16-19(25)29-18(23-16)12-4-3-11(24(26)27)9-13(12)20/h3-4,6-9H,2,5H2,1H3/b16-8-. The minimum Gasteiger partial charge on any atom is -0.491 e. The van der Waals surface area contributed by atoms with Gasteiger partial charge in [-0.2, -0.15) is 0 Å². The predicted octanol–water partition coefficient (Wildman–Crippen LogP) is 5.59. The Morgan fingerprint density at radius 2 is 1.97 bits per heavy atom. The van der Waals surface area contributed by atoms with E-state index in [1.807, 2.05) is 19.1 Å². The van der Waals surface area contributed by atoms with Crippen molar-refractivity contribution in [3.8, 4) is 5.75 Å². The van der Waals surface area contributed by atoms with Crippen molar-refractivity contribution < 1.29 is 19.2 Å². The fraction of sp³-hybridized carbons (Fsp3) is 0.158. The average Bonchev–Trinajstić information content (AvgIpc) is 3.01. The maximum atomic E-state index is 12.2. The van der Waals surface area contributed by atoms with Crippen molar-refractivity contribution in [2.24, 2.45) is 4.99 Å². The van der Waals surface area contributed by atoms with Gasteiger partial charge < -0.3 is 9.47 Å². The summed E-state index contributed by atoms with van der Waals surface area (Å²) in [4.78, 5) is 26.7. The number of benzene rings is 2. The van der Waals surface area contributed by atoms with E-state index in [9.17, 15) is 14.9 Å². The largest absolute Gasteiger partial charge is 0.491 e. The Hall–Kier alpha value is -1.73. The molecule has 150 valence electrons. The number of carbonyl (C=O) groups is 1. The zero-order chi connectivity index (χ0) is 21.1. The third-order valence-corrected chi connectivity index (χ3v) is 5.70. The molecule has 0 fully saturated rings. The second-order valence-corrected chi connectivity index (χ2v) is 8.65. The number of aliphatic imine (C=N–C) groups is 1. The van der Waals surface area contributed by atoms with Crippen LogP contribution in [-0.2, 0) is 9.53 Å². The molecule has 3 rings (SSSR count). The van der Waals surface area contributed by atoms with Crippen LogP contribution < -0.4 is 4.74 Å². The summed E-state index contributed by atoms with van der Waals surface area (Å²) in [5.41, 5.74) is 1.04. The maximum Gasteiger partial charge on any atom is 0.363 e. The molecule has 0 N–H and O–H groups in total. The second kappa shape index (κ2) is 9.39. The van der Waals surface area contributed by atoms with E-state index in [0.29, 0.717) is 12.2 Å². The topological polar surface area (TPSA) is 91.0 Å². The van der Waals surface area contributed by atoms with Gasteiger partial charge in [0.25, 0.3) is 5.69 Å². The van der Waals surface area contributed by atoms with Gasteiger partial charge in [-0.25, -0.2) is 9.79 Å². The Balaban J connectivity index is 1.92. The van der Waals surface area contributed by atoms with Gasteiger partial charge >= 0.3 is 5.97 Å². The van der Waals surface area contributed by atoms with E-state index in [1.165, 1.54) is 18.2 Å². The molecule has 0 unspecified atom stereocenters. The normalized spacial score (nSPS) is 14.7. The Kier molecular flexibility index (Phi) is 7.11. The SMILES string of the molecule is CCCOc1c(I)cc(/C=C2\N=C(c3ccc([N+](=O)[O-])cc3Cl)OC2=O)cc1I. The molecule has 2 aromatic carbocycles. The van der Waals surface area contributed by atoms with E-state index in [4.69, 9.17) is 21.1 Å². The van der Waals surface area contributed by atoms with Crippen molar-refractivity contribution in [1.29, 1.82) is 0 Å². The first-order valence-electron chi connectivity index (χ1n) is 8.39. The highest BCUT2D eigenvalue weighted by molar-refractivity contribution is 14.1. The van der Waals surface area contributed by atoms with Crippen LogP contribution in [0.25, 0.3) is 6.08 Å². The Morgan fingerprint density at radius 1 is 1.28 bits per heavy atom. The van der Waals surface area contributed by atoms with Crippen molar-refractivity contribution in [2.45, 2.75) is 13.3 Å². The zero-order valence-corrected chi connectivity index (χ0v) is 20.0. The molecular weight excluding hydrogens is 625 g/mol. The summed E-state index contributed by atoms with van der Waals surface area (Å²) in [5.74, 6) is 0.199. The first kappa shape index (κ1) is 22.0. The molecular formula is C19H13ClI2N2O5. The number of nitro benzene ring substituents is 1. The summed E-state index contributed by atoms with van der Waals surface area (Å²) in [6, 6.07) is 7.65. The maximum absolute atomic E-state index is 12.2. The molecule has 2 aromatic rings. The van der Waals surface area contributed by atoms with Gasteiger partial charge in [-0.15, -0.1) is 0 Å². The van der Waals surface area contributed by atoms with Crippen molar-refractivity contribution in [2.75, 3.05) is 6.61 Å². The highest BCUT2D eigenvalue weighted by Gasteiger charge is 2.26. The van der Waals surface area contributed by atoms with E-state index >= 15 is 0 Å². The molecule has 0 saturated carbocycles. The number of hydrogen-bond donors (Lipinski definition) is 0. The van der Waals surface area contributed by atoms with Crippen molar-refractivity contribution >= 4 is 80.4 Å². The fourth-order valence-corrected chi connectivity index (χ4v) is 4.86. The highest BCUT2D eigenvalue weighted by atomic mass is 127. The van der Waals surface area contributed by atoms with Gasteiger partial charge in [0.1, 0.15) is 5.75 Å². The first-order chi connectivity index (χ1) is 13.8. The molecule has 0 radical (unpaired) electrons. The molecule has 1 heterocycles. The minimum atomic E-state index is -0.620. The van der Waals surface area contributed by atoms with Crippen molar-refractivity contribution in [1.82, 2.24) is 0 Å². The number of esters is 1. The molecule has 7 nitrogen and oxygen atoms in total. The summed E-state index contributed by atoms with van der Waals surface area (Å²) in [5, 5.41) is 10.9. The van der Waals surface area contributed by atoms with Crippen molar-refractivity contribution in [3.05, 3.63) is 69.4 Å². The molecule has 0 atom stereocenters. The van der Waals surface area contributed by atoms with Crippen LogP contribution in [0.3, 0.4) is 0 Å². The number of nitrogens with zero attached hydrogens (tertiary/aromatic N) is 2. The van der Waals surface area contributed by atoms with E-state index < -0.39 is 10.9 Å². The molecule has 0 amide bonds. The average molecular weight is 639 g/mol. The van der Waals surface area contributed by atoms with Crippen molar-refractivity contribution in [3.63, 3.8) is 0 Å². The minimum absolute atomic E-state index is 0.00782. The Labute approximate surface area is 198 Å². The Morgan fingerprint density at radius 3 is 2.55 bits per heavy atom. The lowest BCUT2D eigenvalue weighted by molar-refractivity contribution is -0.384. The molecule has 0 saturated heterocycles. The van der Waals surface area contributed by atoms with Crippen LogP contribution in [0.2, 0.25) is 5.02 Å². The lowest BCUT2D eigenvalue weighted by Crippen LogP contribution is -2.06. The van der Waals surface area contributed by atoms with Crippen LogP contribution in [0.5, 0.6) is 5.75 Å². The number of non-ortho nitro benzene ring substituents is 1. The van der Waals surface area contributed by atoms with Crippen LogP contribution in [0.15, 0.2) is 41.0 Å². The van der Waals surface area contributed by atoms with E-state index in [0.717, 1.165) is 24.9 Å². The molecule has 29 heavy (non-hydrogen) atoms. The number of rotatable bonds is 6. The summed E-state index contributed by atoms with van der Waals surface area (Å²) in [6.07, 6.45) is 2.52. The molecule has 1 aliphatic rings. The van der Waals surface area contributed by atoms with Crippen LogP contribution in [0.4, 0.5) is 5.69 Å². The Bertz CT molecular complexity index is 1050. The van der Waals surface area contributed by atoms with Gasteiger partial charge in [0.05, 0.1) is 29.3 Å². The zero-order valence-electron chi connectivity index (χ0n) is 14.9. The molecule has 0 bridgehead atoms. The number of cyclic esters (lactones) is 1. The third kappa shape index (κ3) is 5.07. The first-order valence-corrected chi connectivity index (χ1v) is 10.9. The number of hydrogen-bond acceptors (Lipinski definition) is 6.